The van der Waals surface area contributed by atoms with Gasteiger partial charge in [-0.3, -0.25) is 9.59 Å². The number of hydrogen-bond acceptors (Lipinski definition) is 4. The second-order valence-corrected chi connectivity index (χ2v) is 6.39. The molecule has 0 fully saturated rings. The summed E-state index contributed by atoms with van der Waals surface area (Å²) >= 11 is 1.39. The van der Waals surface area contributed by atoms with Gasteiger partial charge in [-0.1, -0.05) is 12.1 Å². The van der Waals surface area contributed by atoms with E-state index in [9.17, 15) is 9.59 Å². The molecule has 1 rings (SSSR count). The molecule has 0 aromatic heterocycles. The van der Waals surface area contributed by atoms with Gasteiger partial charge < -0.3 is 16.0 Å². The van der Waals surface area contributed by atoms with Crippen molar-refractivity contribution in [3.63, 3.8) is 0 Å². The number of nitrogens with one attached hydrogen (secondary N) is 1. The molecule has 3 N–H and O–H groups in total. The summed E-state index contributed by atoms with van der Waals surface area (Å²) in [4.78, 5) is 24.2. The summed E-state index contributed by atoms with van der Waals surface area (Å²) in [5.74, 6) is 0.586. The molecule has 1 aromatic rings. The number of carbonyl (C=O) groups excluding carboxylic acids is 2. The van der Waals surface area contributed by atoms with E-state index >= 15 is 0 Å². The number of hydrogen-bond donors (Lipinski definition) is 2. The average molecular weight is 323 g/mol. The minimum Gasteiger partial charge on any atom is -0.378 e. The van der Waals surface area contributed by atoms with E-state index in [1.54, 1.807) is 0 Å². The van der Waals surface area contributed by atoms with E-state index in [-0.39, 0.29) is 17.6 Å². The summed E-state index contributed by atoms with van der Waals surface area (Å²) in [6.07, 6.45) is 2.29. The van der Waals surface area contributed by atoms with Crippen LogP contribution < -0.4 is 16.0 Å². The summed E-state index contributed by atoms with van der Waals surface area (Å²) in [7, 11) is 4.04. The third kappa shape index (κ3) is 7.93. The monoisotopic (exact) mass is 323 g/mol. The number of aryl methyl sites for hydroxylation is 1. The molecule has 1 aromatic carbocycles. The molecule has 0 saturated heterocycles. The van der Waals surface area contributed by atoms with Crippen molar-refractivity contribution in [1.29, 1.82) is 0 Å². The predicted molar refractivity (Wildman–Crippen MR) is 93.2 cm³/mol. The highest BCUT2D eigenvalue weighted by Crippen LogP contribution is 2.13. The Labute approximate surface area is 136 Å². The number of amides is 2. The van der Waals surface area contributed by atoms with Crippen molar-refractivity contribution >= 4 is 29.3 Å². The fourth-order valence-corrected chi connectivity index (χ4v) is 2.58. The maximum Gasteiger partial charge on any atom is 0.227 e. The maximum atomic E-state index is 11.6. The van der Waals surface area contributed by atoms with Crippen LogP contribution in [0.1, 0.15) is 18.4 Å². The summed E-state index contributed by atoms with van der Waals surface area (Å²) < 4.78 is 0. The van der Waals surface area contributed by atoms with Crippen molar-refractivity contribution in [2.45, 2.75) is 19.3 Å². The molecule has 0 radical (unpaired) electrons. The van der Waals surface area contributed by atoms with Crippen molar-refractivity contribution in [2.75, 3.05) is 37.0 Å². The normalized spacial score (nSPS) is 10.3. The smallest absolute Gasteiger partial charge is 0.227 e. The number of primary amides is 1. The Hall–Kier alpha value is -1.69. The zero-order valence-corrected chi connectivity index (χ0v) is 14.1. The number of carbonyl (C=O) groups is 2. The Bertz CT molecular complexity index is 475. The molecule has 0 aliphatic carbocycles. The highest BCUT2D eigenvalue weighted by Gasteiger charge is 2.02. The fraction of sp³-hybridized carbons (Fsp3) is 0.500. The molecular formula is C16H25N3O2S. The van der Waals surface area contributed by atoms with E-state index < -0.39 is 0 Å². The van der Waals surface area contributed by atoms with Crippen LogP contribution in [-0.2, 0) is 16.0 Å². The van der Waals surface area contributed by atoms with Crippen LogP contribution in [0.15, 0.2) is 24.3 Å². The van der Waals surface area contributed by atoms with Gasteiger partial charge in [0.2, 0.25) is 11.8 Å². The van der Waals surface area contributed by atoms with Gasteiger partial charge in [0, 0.05) is 38.5 Å². The number of nitrogens with zero attached hydrogens (tertiary/aromatic N) is 1. The van der Waals surface area contributed by atoms with Crippen LogP contribution in [0, 0.1) is 0 Å². The minimum atomic E-state index is -0.342. The molecule has 0 unspecified atom stereocenters. The summed E-state index contributed by atoms with van der Waals surface area (Å²) in [5.41, 5.74) is 7.49. The molecule has 0 saturated carbocycles. The average Bonchev–Trinajstić information content (AvgIpc) is 2.48. The van der Waals surface area contributed by atoms with Crippen molar-refractivity contribution in [3.05, 3.63) is 29.8 Å². The van der Waals surface area contributed by atoms with E-state index in [4.69, 9.17) is 5.73 Å². The van der Waals surface area contributed by atoms with Crippen LogP contribution in [0.3, 0.4) is 0 Å². The third-order valence-electron chi connectivity index (χ3n) is 3.13. The van der Waals surface area contributed by atoms with Crippen LogP contribution in [0.5, 0.6) is 0 Å². The van der Waals surface area contributed by atoms with Gasteiger partial charge in [0.1, 0.15) is 0 Å². The van der Waals surface area contributed by atoms with E-state index in [0.717, 1.165) is 12.8 Å². The zero-order chi connectivity index (χ0) is 16.4. The van der Waals surface area contributed by atoms with Crippen LogP contribution in [0.25, 0.3) is 0 Å². The van der Waals surface area contributed by atoms with Gasteiger partial charge in [-0.25, -0.2) is 0 Å². The van der Waals surface area contributed by atoms with E-state index in [1.807, 2.05) is 14.1 Å². The van der Waals surface area contributed by atoms with E-state index in [1.165, 1.54) is 23.0 Å². The molecule has 0 aliphatic rings. The maximum absolute atomic E-state index is 11.6. The molecule has 0 heterocycles. The Kier molecular flexibility index (Phi) is 8.43. The first-order chi connectivity index (χ1) is 10.5. The number of nitrogens with two attached hydrogens (primary N) is 1. The second-order valence-electron chi connectivity index (χ2n) is 5.28. The topological polar surface area (TPSA) is 75.4 Å². The zero-order valence-electron chi connectivity index (χ0n) is 13.3. The van der Waals surface area contributed by atoms with E-state index in [2.05, 4.69) is 34.5 Å². The van der Waals surface area contributed by atoms with Gasteiger partial charge in [-0.2, -0.15) is 11.8 Å². The molecule has 122 valence electrons. The predicted octanol–water partition coefficient (Wildman–Crippen LogP) is 1.41. The number of benzene rings is 1. The summed E-state index contributed by atoms with van der Waals surface area (Å²) in [6.45, 7) is 0.675. The first-order valence-electron chi connectivity index (χ1n) is 7.38. The van der Waals surface area contributed by atoms with Crippen molar-refractivity contribution in [2.24, 2.45) is 5.73 Å². The van der Waals surface area contributed by atoms with Crippen LogP contribution in [0.2, 0.25) is 0 Å². The Morgan fingerprint density at radius 3 is 2.50 bits per heavy atom. The molecule has 0 atom stereocenters. The number of rotatable bonds is 10. The lowest BCUT2D eigenvalue weighted by Gasteiger charge is -2.12. The van der Waals surface area contributed by atoms with Gasteiger partial charge in [-0.05, 0) is 30.5 Å². The number of thioether (sulfide) groups is 1. The summed E-state index contributed by atoms with van der Waals surface area (Å²) in [5, 5.41) is 2.89. The SMILES string of the molecule is CN(C)c1ccc(CCCNC(=O)CCSCC(N)=O)cc1. The Morgan fingerprint density at radius 1 is 1.23 bits per heavy atom. The van der Waals surface area contributed by atoms with Crippen molar-refractivity contribution < 1.29 is 9.59 Å². The van der Waals surface area contributed by atoms with Gasteiger partial charge in [-0.15, -0.1) is 0 Å². The van der Waals surface area contributed by atoms with Gasteiger partial charge in [0.05, 0.1) is 5.75 Å². The molecular weight excluding hydrogens is 298 g/mol. The molecule has 22 heavy (non-hydrogen) atoms. The molecule has 0 spiro atoms. The molecule has 0 aliphatic heterocycles. The third-order valence-corrected chi connectivity index (χ3v) is 4.12. The standard InChI is InChI=1S/C16H25N3O2S/c1-19(2)14-7-5-13(6-8-14)4-3-10-18-16(21)9-11-22-12-15(17)20/h5-8H,3-4,9-12H2,1-2H3,(H2,17,20)(H,18,21). The van der Waals surface area contributed by atoms with Crippen molar-refractivity contribution in [3.8, 4) is 0 Å². The summed E-state index contributed by atoms with van der Waals surface area (Å²) in [6, 6.07) is 8.45. The van der Waals surface area contributed by atoms with Gasteiger partial charge >= 0.3 is 0 Å². The molecule has 6 heteroatoms. The van der Waals surface area contributed by atoms with Gasteiger partial charge in [0.15, 0.2) is 0 Å². The first-order valence-corrected chi connectivity index (χ1v) is 8.53. The van der Waals surface area contributed by atoms with E-state index in [0.29, 0.717) is 18.7 Å². The largest absolute Gasteiger partial charge is 0.378 e. The molecule has 5 nitrogen and oxygen atoms in total. The fourth-order valence-electron chi connectivity index (χ4n) is 1.91. The second kappa shape index (κ2) is 10.1. The van der Waals surface area contributed by atoms with Crippen LogP contribution in [-0.4, -0.2) is 44.0 Å². The highest BCUT2D eigenvalue weighted by atomic mass is 32.2. The quantitative estimate of drug-likeness (QED) is 0.638. The number of anilines is 1. The Balaban J connectivity index is 2.11. The first kappa shape index (κ1) is 18.4. The lowest BCUT2D eigenvalue weighted by Crippen LogP contribution is -2.25. The minimum absolute atomic E-state index is 0.0277. The highest BCUT2D eigenvalue weighted by molar-refractivity contribution is 7.99. The lowest BCUT2D eigenvalue weighted by molar-refractivity contribution is -0.120. The van der Waals surface area contributed by atoms with Crippen molar-refractivity contribution in [1.82, 2.24) is 5.32 Å². The van der Waals surface area contributed by atoms with Crippen LogP contribution >= 0.6 is 11.8 Å². The molecule has 0 bridgehead atoms. The van der Waals surface area contributed by atoms with Crippen LogP contribution in [0.4, 0.5) is 5.69 Å². The molecule has 2 amide bonds. The van der Waals surface area contributed by atoms with Gasteiger partial charge in [0.25, 0.3) is 0 Å². The Morgan fingerprint density at radius 2 is 1.91 bits per heavy atom. The lowest BCUT2D eigenvalue weighted by atomic mass is 10.1.